The Bertz CT molecular complexity index is 563. The summed E-state index contributed by atoms with van der Waals surface area (Å²) in [5, 5.41) is 3.65. The van der Waals surface area contributed by atoms with Gasteiger partial charge in [0, 0.05) is 13.2 Å². The summed E-state index contributed by atoms with van der Waals surface area (Å²) in [6.45, 7) is 0.816. The first-order chi connectivity index (χ1) is 10.5. The number of rotatable bonds is 4. The lowest BCUT2D eigenvalue weighted by atomic mass is 9.78. The van der Waals surface area contributed by atoms with Crippen molar-refractivity contribution in [1.29, 1.82) is 0 Å². The molecule has 0 radical (unpaired) electrons. The van der Waals surface area contributed by atoms with Gasteiger partial charge in [0.05, 0.1) is 12.6 Å². The smallest absolute Gasteiger partial charge is 0.331 e. The molecule has 1 saturated carbocycles. The van der Waals surface area contributed by atoms with Crippen molar-refractivity contribution in [1.82, 2.24) is 14.9 Å². The average Bonchev–Trinajstić information content (AvgIpc) is 3.19. The van der Waals surface area contributed by atoms with Crippen molar-refractivity contribution in [3.05, 3.63) is 16.6 Å². The molecule has 22 heavy (non-hydrogen) atoms. The molecule has 1 aliphatic heterocycles. The second-order valence-corrected chi connectivity index (χ2v) is 6.97. The molecule has 2 aliphatic rings. The van der Waals surface area contributed by atoms with E-state index < -0.39 is 5.60 Å². The summed E-state index contributed by atoms with van der Waals surface area (Å²) in [4.78, 5) is 16.3. The van der Waals surface area contributed by atoms with Crippen LogP contribution in [-0.4, -0.2) is 41.3 Å². The van der Waals surface area contributed by atoms with Crippen molar-refractivity contribution in [2.75, 3.05) is 20.3 Å². The Morgan fingerprint density at radius 1 is 1.45 bits per heavy atom. The number of carbonyl (C=O) groups is 1. The molecule has 2 heterocycles. The van der Waals surface area contributed by atoms with E-state index in [4.69, 9.17) is 9.47 Å². The van der Waals surface area contributed by atoms with Crippen LogP contribution in [0.3, 0.4) is 0 Å². The molecule has 122 valence electrons. The number of methoxy groups -OCH3 is 1. The highest BCUT2D eigenvalue weighted by Gasteiger charge is 2.60. The summed E-state index contributed by atoms with van der Waals surface area (Å²) < 4.78 is 13.8. The van der Waals surface area contributed by atoms with Gasteiger partial charge in [0.2, 0.25) is 0 Å². The van der Waals surface area contributed by atoms with Crippen LogP contribution in [0, 0.1) is 0 Å². The molecule has 0 bridgehead atoms. The predicted molar refractivity (Wildman–Crippen MR) is 84.4 cm³/mol. The van der Waals surface area contributed by atoms with Crippen LogP contribution in [0.1, 0.15) is 37.9 Å². The lowest BCUT2D eigenvalue weighted by Gasteiger charge is -2.42. The normalized spacial score (nSPS) is 26.7. The molecule has 1 aromatic heterocycles. The van der Waals surface area contributed by atoms with E-state index in [-0.39, 0.29) is 18.1 Å². The molecular weight excluding hydrogens is 350 g/mol. The van der Waals surface area contributed by atoms with Gasteiger partial charge in [-0.25, -0.2) is 9.78 Å². The van der Waals surface area contributed by atoms with Crippen LogP contribution in [0.4, 0.5) is 0 Å². The third-order valence-corrected chi connectivity index (χ3v) is 5.42. The minimum Gasteiger partial charge on any atom is -0.467 e. The zero-order valence-corrected chi connectivity index (χ0v) is 14.6. The molecule has 3 rings (SSSR count). The van der Waals surface area contributed by atoms with Gasteiger partial charge in [0.25, 0.3) is 0 Å². The lowest BCUT2D eigenvalue weighted by Crippen LogP contribution is -2.55. The van der Waals surface area contributed by atoms with Gasteiger partial charge in [-0.15, -0.1) is 0 Å². The predicted octanol–water partition coefficient (Wildman–Crippen LogP) is 1.87. The molecule has 1 N–H and O–H groups in total. The highest BCUT2D eigenvalue weighted by Crippen LogP contribution is 2.51. The van der Waals surface area contributed by atoms with E-state index in [2.05, 4.69) is 26.2 Å². The van der Waals surface area contributed by atoms with E-state index in [1.54, 1.807) is 0 Å². The first-order valence-corrected chi connectivity index (χ1v) is 8.47. The van der Waals surface area contributed by atoms with Crippen LogP contribution in [-0.2, 0) is 26.9 Å². The number of halogens is 1. The Labute approximate surface area is 138 Å². The number of aryl methyl sites for hydroxylation is 1. The van der Waals surface area contributed by atoms with Gasteiger partial charge < -0.3 is 19.4 Å². The zero-order chi connectivity index (χ0) is 15.8. The zero-order valence-electron chi connectivity index (χ0n) is 13.0. The van der Waals surface area contributed by atoms with Gasteiger partial charge in [-0.05, 0) is 41.7 Å². The number of nitrogens with zero attached hydrogens (tertiary/aromatic N) is 2. The molecule has 1 spiro atoms. The van der Waals surface area contributed by atoms with E-state index in [0.717, 1.165) is 36.2 Å². The maximum atomic E-state index is 11.6. The Morgan fingerprint density at radius 3 is 2.77 bits per heavy atom. The molecule has 7 heteroatoms. The van der Waals surface area contributed by atoms with Crippen molar-refractivity contribution in [2.45, 2.75) is 43.2 Å². The molecule has 6 nitrogen and oxygen atoms in total. The Morgan fingerprint density at radius 2 is 2.18 bits per heavy atom. The van der Waals surface area contributed by atoms with Crippen LogP contribution in [0.15, 0.2) is 10.8 Å². The van der Waals surface area contributed by atoms with E-state index in [1.165, 1.54) is 20.0 Å². The second kappa shape index (κ2) is 5.94. The van der Waals surface area contributed by atoms with Crippen LogP contribution < -0.4 is 5.32 Å². The number of carbonyl (C=O) groups excluding carboxylic acids is 1. The van der Waals surface area contributed by atoms with Gasteiger partial charge in [-0.3, -0.25) is 0 Å². The summed E-state index contributed by atoms with van der Waals surface area (Å²) in [7, 11) is 3.35. The van der Waals surface area contributed by atoms with E-state index in [9.17, 15) is 4.79 Å². The summed E-state index contributed by atoms with van der Waals surface area (Å²) in [6, 6.07) is 0. The van der Waals surface area contributed by atoms with Crippen molar-refractivity contribution in [2.24, 2.45) is 7.05 Å². The third-order valence-electron chi connectivity index (χ3n) is 5.04. The second-order valence-electron chi connectivity index (χ2n) is 6.16. The molecule has 1 unspecified atom stereocenters. The standard InChI is InChI=1S/C15H22BrN3O3/c1-19-9-11(16)18-13(19)15(22-10-12(20)21-2)7-8-17-14(15)5-3-4-6-14/h9,17H,3-8,10H2,1-2H3. The molecule has 0 amide bonds. The molecule has 0 aromatic carbocycles. The quantitative estimate of drug-likeness (QED) is 0.818. The van der Waals surface area contributed by atoms with Crippen molar-refractivity contribution in [3.63, 3.8) is 0 Å². The monoisotopic (exact) mass is 371 g/mol. The van der Waals surface area contributed by atoms with E-state index in [0.29, 0.717) is 0 Å². The topological polar surface area (TPSA) is 65.4 Å². The number of hydrogen-bond donors (Lipinski definition) is 1. The van der Waals surface area contributed by atoms with Crippen molar-refractivity contribution >= 4 is 21.9 Å². The molecule has 1 saturated heterocycles. The molecule has 1 aromatic rings. The highest BCUT2D eigenvalue weighted by atomic mass is 79.9. The minimum atomic E-state index is -0.585. The highest BCUT2D eigenvalue weighted by molar-refractivity contribution is 9.10. The lowest BCUT2D eigenvalue weighted by molar-refractivity contribution is -0.161. The number of esters is 1. The van der Waals surface area contributed by atoms with Crippen LogP contribution in [0.5, 0.6) is 0 Å². The van der Waals surface area contributed by atoms with Gasteiger partial charge >= 0.3 is 5.97 Å². The van der Waals surface area contributed by atoms with Crippen LogP contribution in [0.2, 0.25) is 0 Å². The summed E-state index contributed by atoms with van der Waals surface area (Å²) in [5.41, 5.74) is -0.724. The van der Waals surface area contributed by atoms with Crippen molar-refractivity contribution in [3.8, 4) is 0 Å². The van der Waals surface area contributed by atoms with Gasteiger partial charge in [0.15, 0.2) is 0 Å². The fourth-order valence-corrected chi connectivity index (χ4v) is 4.54. The third kappa shape index (κ3) is 2.39. The summed E-state index contributed by atoms with van der Waals surface area (Å²) >= 11 is 3.45. The number of aromatic nitrogens is 2. The van der Waals surface area contributed by atoms with Crippen molar-refractivity contribution < 1.29 is 14.3 Å². The minimum absolute atomic E-state index is 0.0512. The van der Waals surface area contributed by atoms with E-state index >= 15 is 0 Å². The average molecular weight is 372 g/mol. The Balaban J connectivity index is 2.02. The molecule has 1 aliphatic carbocycles. The largest absolute Gasteiger partial charge is 0.467 e. The van der Waals surface area contributed by atoms with Gasteiger partial charge in [-0.2, -0.15) is 0 Å². The number of imidazole rings is 1. The fraction of sp³-hybridized carbons (Fsp3) is 0.733. The summed E-state index contributed by atoms with van der Waals surface area (Å²) in [5.74, 6) is 0.517. The van der Waals surface area contributed by atoms with Gasteiger partial charge in [0.1, 0.15) is 22.6 Å². The maximum absolute atomic E-state index is 11.6. The fourth-order valence-electron chi connectivity index (χ4n) is 4.07. The van der Waals surface area contributed by atoms with E-state index in [1.807, 2.05) is 17.8 Å². The molecular formula is C15H22BrN3O3. The maximum Gasteiger partial charge on any atom is 0.331 e. The number of ether oxygens (including phenoxy) is 2. The molecule has 2 fully saturated rings. The first-order valence-electron chi connectivity index (χ1n) is 7.68. The number of hydrogen-bond acceptors (Lipinski definition) is 5. The molecule has 1 atom stereocenters. The number of nitrogens with one attached hydrogen (secondary N) is 1. The Kier molecular flexibility index (Phi) is 4.31. The SMILES string of the molecule is COC(=O)COC1(c2nc(Br)cn2C)CCNC12CCCC2. The van der Waals surface area contributed by atoms with Crippen LogP contribution in [0.25, 0.3) is 0 Å². The Hall–Kier alpha value is -0.920. The van der Waals surface area contributed by atoms with Crippen LogP contribution >= 0.6 is 15.9 Å². The summed E-state index contributed by atoms with van der Waals surface area (Å²) in [6.07, 6.45) is 7.15. The van der Waals surface area contributed by atoms with Gasteiger partial charge in [-0.1, -0.05) is 12.8 Å². The first kappa shape index (κ1) is 16.0.